The van der Waals surface area contributed by atoms with E-state index in [-0.39, 0.29) is 0 Å². The van der Waals surface area contributed by atoms with Crippen molar-refractivity contribution in [3.05, 3.63) is 56.9 Å². The highest BCUT2D eigenvalue weighted by atomic mass is 127. The fourth-order valence-corrected chi connectivity index (χ4v) is 2.35. The van der Waals surface area contributed by atoms with E-state index in [1.165, 1.54) is 0 Å². The van der Waals surface area contributed by atoms with Crippen LogP contribution >= 0.6 is 34.2 Å². The molecule has 3 aromatic rings. The van der Waals surface area contributed by atoms with Crippen molar-refractivity contribution in [2.45, 2.75) is 0 Å². The molecule has 0 unspecified atom stereocenters. The molecule has 0 saturated heterocycles. The lowest BCUT2D eigenvalue weighted by atomic mass is 10.1. The molecule has 4 nitrogen and oxygen atoms in total. The fraction of sp³-hybridized carbons (Fsp3) is 0. The van der Waals surface area contributed by atoms with Crippen LogP contribution in [0.5, 0.6) is 11.6 Å². The van der Waals surface area contributed by atoms with Gasteiger partial charge in [-0.3, -0.25) is 0 Å². The molecule has 0 bridgehead atoms. The monoisotopic (exact) mass is 407 g/mol. The average Bonchev–Trinajstić information content (AvgIpc) is 2.49. The molecular weight excluding hydrogens is 401 g/mol. The first-order chi connectivity index (χ1) is 10.2. The second-order valence-corrected chi connectivity index (χ2v) is 5.74. The van der Waals surface area contributed by atoms with E-state index in [0.29, 0.717) is 33.1 Å². The minimum Gasteiger partial charge on any atom is -0.437 e. The number of fused-ring (bicyclic) bond motifs is 1. The maximum atomic E-state index is 9.26. The molecule has 1 aromatic carbocycles. The summed E-state index contributed by atoms with van der Waals surface area (Å²) in [6, 6.07) is 12.6. The van der Waals surface area contributed by atoms with Crippen LogP contribution in [0.2, 0.25) is 5.02 Å². The summed E-state index contributed by atoms with van der Waals surface area (Å²) in [6.45, 7) is 0. The number of hydrogen-bond acceptors (Lipinski definition) is 4. The Morgan fingerprint density at radius 1 is 1.19 bits per heavy atom. The largest absolute Gasteiger partial charge is 0.437 e. The van der Waals surface area contributed by atoms with E-state index < -0.39 is 0 Å². The van der Waals surface area contributed by atoms with Gasteiger partial charge >= 0.3 is 0 Å². The van der Waals surface area contributed by atoms with Gasteiger partial charge in [0.15, 0.2) is 0 Å². The summed E-state index contributed by atoms with van der Waals surface area (Å²) in [5.41, 5.74) is 1.13. The molecule has 0 spiro atoms. The molecule has 0 atom stereocenters. The number of aromatic nitrogens is 2. The zero-order valence-electron chi connectivity index (χ0n) is 10.5. The van der Waals surface area contributed by atoms with Gasteiger partial charge in [-0.05, 0) is 52.9 Å². The Balaban J connectivity index is 2.05. The first kappa shape index (κ1) is 14.0. The molecule has 6 heteroatoms. The first-order valence-corrected chi connectivity index (χ1v) is 7.41. The van der Waals surface area contributed by atoms with E-state index in [2.05, 4.69) is 38.6 Å². The van der Waals surface area contributed by atoms with Crippen molar-refractivity contribution >= 4 is 45.1 Å². The van der Waals surface area contributed by atoms with Gasteiger partial charge in [0, 0.05) is 16.5 Å². The highest BCUT2D eigenvalue weighted by Crippen LogP contribution is 2.27. The Hall–Kier alpha value is -1.91. The zero-order valence-corrected chi connectivity index (χ0v) is 13.5. The molecule has 0 aliphatic carbocycles. The topological polar surface area (TPSA) is 58.8 Å². The molecule has 0 aliphatic heterocycles. The molecule has 0 N–H and O–H groups in total. The van der Waals surface area contributed by atoms with E-state index in [1.807, 2.05) is 6.07 Å². The van der Waals surface area contributed by atoms with Crippen LogP contribution in [0.4, 0.5) is 0 Å². The van der Waals surface area contributed by atoms with E-state index in [4.69, 9.17) is 16.3 Å². The normalized spacial score (nSPS) is 10.3. The van der Waals surface area contributed by atoms with Gasteiger partial charge in [-0.15, -0.1) is 0 Å². The van der Waals surface area contributed by atoms with Crippen LogP contribution in [-0.4, -0.2) is 9.97 Å². The Labute approximate surface area is 139 Å². The molecule has 3 rings (SSSR count). The number of rotatable bonds is 2. The van der Waals surface area contributed by atoms with Crippen molar-refractivity contribution in [1.82, 2.24) is 9.97 Å². The van der Waals surface area contributed by atoms with Crippen molar-refractivity contribution in [3.8, 4) is 17.7 Å². The van der Waals surface area contributed by atoms with Gasteiger partial charge in [0.05, 0.1) is 17.3 Å². The Bertz CT molecular complexity index is 859. The van der Waals surface area contributed by atoms with Gasteiger partial charge < -0.3 is 4.74 Å². The number of hydrogen-bond donors (Lipinski definition) is 0. The molecule has 21 heavy (non-hydrogen) atoms. The van der Waals surface area contributed by atoms with E-state index >= 15 is 0 Å². The van der Waals surface area contributed by atoms with E-state index in [0.717, 1.165) is 3.70 Å². The van der Waals surface area contributed by atoms with Crippen molar-refractivity contribution in [3.63, 3.8) is 0 Å². The Morgan fingerprint density at radius 2 is 2.05 bits per heavy atom. The SMILES string of the molecule is N#Cc1cc(Oc2ccc(I)nc2)nc2ccc(Cl)cc12. The summed E-state index contributed by atoms with van der Waals surface area (Å²) in [5.74, 6) is 0.921. The van der Waals surface area contributed by atoms with Crippen LogP contribution in [-0.2, 0) is 0 Å². The fourth-order valence-electron chi connectivity index (χ4n) is 1.86. The second-order valence-electron chi connectivity index (χ2n) is 4.20. The molecule has 2 aromatic heterocycles. The quantitative estimate of drug-likeness (QED) is 0.462. The summed E-state index contributed by atoms with van der Waals surface area (Å²) in [5, 5.41) is 10.5. The molecule has 0 radical (unpaired) electrons. The van der Waals surface area contributed by atoms with Gasteiger partial charge in [-0.25, -0.2) is 9.97 Å². The van der Waals surface area contributed by atoms with E-state index in [9.17, 15) is 5.26 Å². The number of nitrogens with zero attached hydrogens (tertiary/aromatic N) is 3. The molecule has 102 valence electrons. The van der Waals surface area contributed by atoms with Gasteiger partial charge in [-0.1, -0.05) is 11.6 Å². The van der Waals surface area contributed by atoms with Crippen LogP contribution in [0.1, 0.15) is 5.56 Å². The summed E-state index contributed by atoms with van der Waals surface area (Å²) in [4.78, 5) is 8.52. The second kappa shape index (κ2) is 5.84. The third-order valence-corrected chi connectivity index (χ3v) is 3.66. The maximum Gasteiger partial charge on any atom is 0.221 e. The van der Waals surface area contributed by atoms with Crippen LogP contribution < -0.4 is 4.74 Å². The number of ether oxygens (including phenoxy) is 1. The molecule has 0 amide bonds. The average molecular weight is 408 g/mol. The van der Waals surface area contributed by atoms with Crippen molar-refractivity contribution in [2.75, 3.05) is 0 Å². The standard InChI is InChI=1S/C15H7ClIN3O/c16-10-1-3-13-12(6-10)9(7-18)5-15(20-13)21-11-2-4-14(17)19-8-11/h1-6,8H. The molecule has 0 saturated carbocycles. The maximum absolute atomic E-state index is 9.26. The summed E-state index contributed by atoms with van der Waals surface area (Å²) in [6.07, 6.45) is 1.61. The minimum atomic E-state index is 0.351. The number of nitriles is 1. The van der Waals surface area contributed by atoms with Gasteiger partial charge in [-0.2, -0.15) is 5.26 Å². The smallest absolute Gasteiger partial charge is 0.221 e. The summed E-state index contributed by atoms with van der Waals surface area (Å²) >= 11 is 8.07. The molecular formula is C15H7ClIN3O. The third kappa shape index (κ3) is 3.06. The van der Waals surface area contributed by atoms with Crippen molar-refractivity contribution in [1.29, 1.82) is 5.26 Å². The molecule has 2 heterocycles. The number of pyridine rings is 2. The molecule has 0 fully saturated rings. The lowest BCUT2D eigenvalue weighted by Crippen LogP contribution is -1.92. The lowest BCUT2D eigenvalue weighted by Gasteiger charge is -2.07. The summed E-state index contributed by atoms with van der Waals surface area (Å²) < 4.78 is 6.53. The zero-order chi connectivity index (χ0) is 14.8. The molecule has 0 aliphatic rings. The lowest BCUT2D eigenvalue weighted by molar-refractivity contribution is 0.462. The van der Waals surface area contributed by atoms with Gasteiger partial charge in [0.1, 0.15) is 15.5 Å². The van der Waals surface area contributed by atoms with Crippen molar-refractivity contribution < 1.29 is 4.74 Å². The van der Waals surface area contributed by atoms with E-state index in [1.54, 1.807) is 36.5 Å². The predicted molar refractivity (Wildman–Crippen MR) is 88.5 cm³/mol. The van der Waals surface area contributed by atoms with Gasteiger partial charge in [0.25, 0.3) is 0 Å². The van der Waals surface area contributed by atoms with Crippen molar-refractivity contribution in [2.24, 2.45) is 0 Å². The van der Waals surface area contributed by atoms with Crippen LogP contribution in [0.15, 0.2) is 42.6 Å². The first-order valence-electron chi connectivity index (χ1n) is 5.95. The van der Waals surface area contributed by atoms with Gasteiger partial charge in [0.2, 0.25) is 5.88 Å². The van der Waals surface area contributed by atoms with Crippen LogP contribution in [0.25, 0.3) is 10.9 Å². The Morgan fingerprint density at radius 3 is 2.76 bits per heavy atom. The van der Waals surface area contributed by atoms with Crippen LogP contribution in [0.3, 0.4) is 0 Å². The Kier molecular flexibility index (Phi) is 3.90. The van der Waals surface area contributed by atoms with Crippen LogP contribution in [0, 0.1) is 15.0 Å². The summed E-state index contributed by atoms with van der Waals surface area (Å²) in [7, 11) is 0. The predicted octanol–water partition coefficient (Wildman–Crippen LogP) is 4.55. The number of benzene rings is 1. The number of halogens is 2. The minimum absolute atomic E-state index is 0.351. The highest BCUT2D eigenvalue weighted by molar-refractivity contribution is 14.1. The third-order valence-electron chi connectivity index (χ3n) is 2.79. The highest BCUT2D eigenvalue weighted by Gasteiger charge is 2.08.